The molecule has 99 heavy (non-hydrogen) atoms. The first kappa shape index (κ1) is 97.1. The molecular weight excluding hydrogens is 1290 g/mol. The minimum atomic E-state index is -4.96. The smallest absolute Gasteiger partial charge is 0.462 e. The number of ether oxygens (including phenoxy) is 4. The van der Waals surface area contributed by atoms with Gasteiger partial charge in [0.2, 0.25) is 0 Å². The molecule has 0 aliphatic heterocycles. The second kappa shape index (κ2) is 71.7. The lowest BCUT2D eigenvalue weighted by molar-refractivity contribution is -0.161. The lowest BCUT2D eigenvalue weighted by Gasteiger charge is -2.21. The minimum absolute atomic E-state index is 0.104. The van der Waals surface area contributed by atoms with Gasteiger partial charge in [-0.2, -0.15) is 0 Å². The number of aliphatic hydroxyl groups excluding tert-OH is 1. The van der Waals surface area contributed by atoms with E-state index in [0.29, 0.717) is 31.6 Å². The van der Waals surface area contributed by atoms with Gasteiger partial charge in [-0.3, -0.25) is 37.3 Å². The number of rotatable bonds is 79. The highest BCUT2D eigenvalue weighted by molar-refractivity contribution is 7.47. The fourth-order valence-corrected chi connectivity index (χ4v) is 13.9. The van der Waals surface area contributed by atoms with E-state index in [4.69, 9.17) is 37.0 Å². The van der Waals surface area contributed by atoms with E-state index in [0.717, 1.165) is 102 Å². The van der Waals surface area contributed by atoms with Crippen molar-refractivity contribution in [3.63, 3.8) is 0 Å². The molecule has 3 N–H and O–H groups in total. The van der Waals surface area contributed by atoms with Crippen LogP contribution >= 0.6 is 15.6 Å². The van der Waals surface area contributed by atoms with Crippen LogP contribution in [0.5, 0.6) is 0 Å². The molecular formula is C80H156O17P2. The van der Waals surface area contributed by atoms with Crippen molar-refractivity contribution in [1.82, 2.24) is 0 Å². The van der Waals surface area contributed by atoms with E-state index in [-0.39, 0.29) is 25.7 Å². The Morgan fingerprint density at radius 1 is 0.293 bits per heavy atom. The summed E-state index contributed by atoms with van der Waals surface area (Å²) in [6.07, 6.45) is 61.2. The number of phosphoric ester groups is 2. The molecule has 6 atom stereocenters. The van der Waals surface area contributed by atoms with Crippen LogP contribution in [0.1, 0.15) is 420 Å². The predicted octanol–water partition coefficient (Wildman–Crippen LogP) is 23.9. The van der Waals surface area contributed by atoms with Crippen LogP contribution in [0.25, 0.3) is 0 Å². The molecule has 0 amide bonds. The average Bonchev–Trinajstić information content (AvgIpc) is 1.19. The van der Waals surface area contributed by atoms with Crippen LogP contribution < -0.4 is 0 Å². The Morgan fingerprint density at radius 3 is 0.768 bits per heavy atom. The second-order valence-electron chi connectivity index (χ2n) is 29.5. The van der Waals surface area contributed by atoms with Gasteiger partial charge in [0.15, 0.2) is 12.2 Å². The SMILES string of the molecule is CCCCCCCCCCCCCCCCCCCCCCCC(=O)O[C@H](COC(=O)CCCCCCCCCCCCCCCCCC)COP(=O)(O)OC[C@@H](O)COP(=O)(O)OC[C@@H](COC(=O)CCCCCCCCCC(C)C)OC(=O)CCCCCCCCCCC(C)CC. The van der Waals surface area contributed by atoms with Gasteiger partial charge in [-0.05, 0) is 37.5 Å². The number of hydrogen-bond donors (Lipinski definition) is 3. The average molecular weight is 1450 g/mol. The Labute approximate surface area is 607 Å². The molecule has 0 aromatic heterocycles. The summed E-state index contributed by atoms with van der Waals surface area (Å²) < 4.78 is 68.6. The maximum absolute atomic E-state index is 13.1. The van der Waals surface area contributed by atoms with Crippen molar-refractivity contribution in [1.29, 1.82) is 0 Å². The summed E-state index contributed by atoms with van der Waals surface area (Å²) in [5.41, 5.74) is 0. The fourth-order valence-electron chi connectivity index (χ4n) is 12.3. The molecule has 0 saturated heterocycles. The maximum Gasteiger partial charge on any atom is 0.472 e. The summed E-state index contributed by atoms with van der Waals surface area (Å²) in [5.74, 6) is -0.639. The first-order valence-corrected chi connectivity index (χ1v) is 44.5. The molecule has 0 heterocycles. The highest BCUT2D eigenvalue weighted by atomic mass is 31.2. The molecule has 17 nitrogen and oxygen atoms in total. The largest absolute Gasteiger partial charge is 0.472 e. The minimum Gasteiger partial charge on any atom is -0.462 e. The molecule has 588 valence electrons. The highest BCUT2D eigenvalue weighted by Gasteiger charge is 2.30. The number of esters is 4. The zero-order valence-corrected chi connectivity index (χ0v) is 66.6. The van der Waals surface area contributed by atoms with Crippen molar-refractivity contribution in [3.05, 3.63) is 0 Å². The monoisotopic (exact) mass is 1450 g/mol. The Kier molecular flexibility index (Phi) is 70.3. The van der Waals surface area contributed by atoms with Crippen LogP contribution in [0, 0.1) is 11.8 Å². The summed E-state index contributed by atoms with van der Waals surface area (Å²) in [6, 6.07) is 0. The molecule has 0 rings (SSSR count). The van der Waals surface area contributed by atoms with Gasteiger partial charge in [-0.1, -0.05) is 369 Å². The molecule has 0 radical (unpaired) electrons. The van der Waals surface area contributed by atoms with Crippen molar-refractivity contribution in [2.45, 2.75) is 439 Å². The molecule has 0 fully saturated rings. The predicted molar refractivity (Wildman–Crippen MR) is 405 cm³/mol. The molecule has 0 aromatic carbocycles. The Hall–Kier alpha value is -1.94. The number of aliphatic hydroxyl groups is 1. The second-order valence-corrected chi connectivity index (χ2v) is 32.4. The van der Waals surface area contributed by atoms with E-state index >= 15 is 0 Å². The number of carbonyl (C=O) groups excluding carboxylic acids is 4. The summed E-state index contributed by atoms with van der Waals surface area (Å²) in [6.45, 7) is 9.56. The number of phosphoric acid groups is 2. The third-order valence-corrected chi connectivity index (χ3v) is 21.0. The van der Waals surface area contributed by atoms with Crippen molar-refractivity contribution in [3.8, 4) is 0 Å². The standard InChI is InChI=1S/C80H156O17P2/c1-7-10-12-14-16-18-20-22-24-26-27-28-29-30-32-34-36-38-45-52-58-64-79(84)96-75(68-90-77(82)62-56-50-44-37-35-33-31-25-23-21-19-17-15-13-11-8-2)70-94-98(86,87)92-66-74(81)67-93-99(88,89)95-71-76(69-91-78(83)63-57-51-47-41-42-48-54-60-72(4)5)97-80(85)65-59-53-46-40-39-43-49-55-61-73(6)9-3/h72-76,81H,7-71H2,1-6H3,(H,86,87)(H,88,89)/t73?,74-,75-,76-/m1/s1. The molecule has 0 spiro atoms. The van der Waals surface area contributed by atoms with E-state index < -0.39 is 97.5 Å². The molecule has 0 bridgehead atoms. The Bertz CT molecular complexity index is 1910. The summed E-state index contributed by atoms with van der Waals surface area (Å²) in [4.78, 5) is 72.9. The normalized spacial score (nSPS) is 14.2. The summed E-state index contributed by atoms with van der Waals surface area (Å²) >= 11 is 0. The van der Waals surface area contributed by atoms with E-state index in [1.807, 2.05) is 0 Å². The van der Waals surface area contributed by atoms with E-state index in [2.05, 4.69) is 41.5 Å². The van der Waals surface area contributed by atoms with Crippen molar-refractivity contribution >= 4 is 39.5 Å². The van der Waals surface area contributed by atoms with Crippen molar-refractivity contribution < 1.29 is 80.2 Å². The third-order valence-electron chi connectivity index (χ3n) is 19.1. The van der Waals surface area contributed by atoms with Crippen LogP contribution in [-0.2, 0) is 65.4 Å². The van der Waals surface area contributed by atoms with Crippen molar-refractivity contribution in [2.24, 2.45) is 11.8 Å². The van der Waals surface area contributed by atoms with Crippen molar-refractivity contribution in [2.75, 3.05) is 39.6 Å². The molecule has 0 saturated carbocycles. The van der Waals surface area contributed by atoms with Gasteiger partial charge >= 0.3 is 39.5 Å². The molecule has 19 heteroatoms. The van der Waals surface area contributed by atoms with Gasteiger partial charge in [-0.15, -0.1) is 0 Å². The molecule has 0 aliphatic carbocycles. The van der Waals surface area contributed by atoms with Crippen LogP contribution in [0.3, 0.4) is 0 Å². The quantitative estimate of drug-likeness (QED) is 0.0222. The number of unbranched alkanes of at least 4 members (excludes halogenated alkanes) is 48. The van der Waals surface area contributed by atoms with Gasteiger partial charge in [0.05, 0.1) is 26.4 Å². The topological polar surface area (TPSA) is 237 Å². The fraction of sp³-hybridized carbons (Fsp3) is 0.950. The lowest BCUT2D eigenvalue weighted by atomic mass is 9.99. The Morgan fingerprint density at radius 2 is 0.515 bits per heavy atom. The first-order chi connectivity index (χ1) is 47.9. The lowest BCUT2D eigenvalue weighted by Crippen LogP contribution is -2.30. The van der Waals surface area contributed by atoms with Gasteiger partial charge in [0, 0.05) is 25.7 Å². The molecule has 0 aliphatic rings. The Balaban J connectivity index is 5.22. The number of hydrogen-bond acceptors (Lipinski definition) is 15. The molecule has 0 aromatic rings. The third kappa shape index (κ3) is 72.8. The first-order valence-electron chi connectivity index (χ1n) is 41.5. The van der Waals surface area contributed by atoms with Crippen LogP contribution in [0.2, 0.25) is 0 Å². The van der Waals surface area contributed by atoms with Crippen LogP contribution in [0.15, 0.2) is 0 Å². The maximum atomic E-state index is 13.1. The van der Waals surface area contributed by atoms with Gasteiger partial charge < -0.3 is 33.8 Å². The summed E-state index contributed by atoms with van der Waals surface area (Å²) in [5, 5.41) is 10.6. The highest BCUT2D eigenvalue weighted by Crippen LogP contribution is 2.45. The zero-order valence-electron chi connectivity index (χ0n) is 64.8. The van der Waals surface area contributed by atoms with E-state index in [1.165, 1.54) is 231 Å². The molecule has 3 unspecified atom stereocenters. The van der Waals surface area contributed by atoms with E-state index in [1.54, 1.807) is 0 Å². The van der Waals surface area contributed by atoms with Gasteiger partial charge in [-0.25, -0.2) is 9.13 Å². The number of carbonyl (C=O) groups is 4. The van der Waals surface area contributed by atoms with Crippen LogP contribution in [-0.4, -0.2) is 96.7 Å². The van der Waals surface area contributed by atoms with Gasteiger partial charge in [0.1, 0.15) is 19.3 Å². The van der Waals surface area contributed by atoms with E-state index in [9.17, 15) is 43.2 Å². The zero-order chi connectivity index (χ0) is 72.8. The van der Waals surface area contributed by atoms with Crippen LogP contribution in [0.4, 0.5) is 0 Å². The summed E-state index contributed by atoms with van der Waals surface area (Å²) in [7, 11) is -9.92. The van der Waals surface area contributed by atoms with Gasteiger partial charge in [0.25, 0.3) is 0 Å².